The van der Waals surface area contributed by atoms with Crippen LogP contribution >= 0.6 is 11.3 Å². The van der Waals surface area contributed by atoms with E-state index in [4.69, 9.17) is 0 Å². The first-order valence-electron chi connectivity index (χ1n) is 5.72. The number of aromatic carboxylic acids is 1. The van der Waals surface area contributed by atoms with E-state index in [1.54, 1.807) is 15.3 Å². The lowest BCUT2D eigenvalue weighted by Gasteiger charge is -2.02. The summed E-state index contributed by atoms with van der Waals surface area (Å²) in [7, 11) is 0. The molecule has 0 fully saturated rings. The van der Waals surface area contributed by atoms with E-state index < -0.39 is 5.97 Å². The summed E-state index contributed by atoms with van der Waals surface area (Å²) in [6.07, 6.45) is 1.71. The van der Waals surface area contributed by atoms with Crippen molar-refractivity contribution in [2.45, 2.75) is 20.8 Å². The molecule has 0 aromatic carbocycles. The third kappa shape index (κ3) is 1.58. The van der Waals surface area contributed by atoms with Gasteiger partial charge in [0.1, 0.15) is 0 Å². The molecule has 0 saturated heterocycles. The van der Waals surface area contributed by atoms with Crippen molar-refractivity contribution in [1.82, 2.24) is 19.2 Å². The number of hydrogen-bond donors (Lipinski definition) is 1. The first kappa shape index (κ1) is 11.9. The van der Waals surface area contributed by atoms with Gasteiger partial charge in [-0.25, -0.2) is 9.48 Å². The number of rotatable bonds is 2. The Morgan fingerprint density at radius 2 is 2.11 bits per heavy atom. The van der Waals surface area contributed by atoms with Gasteiger partial charge < -0.3 is 5.11 Å². The summed E-state index contributed by atoms with van der Waals surface area (Å²) in [4.78, 5) is 16.5. The number of fused-ring (bicyclic) bond motifs is 1. The second-order valence-corrected chi connectivity index (χ2v) is 5.23. The monoisotopic (exact) mass is 276 g/mol. The fraction of sp³-hybridized carbons (Fsp3) is 0.250. The van der Waals surface area contributed by atoms with E-state index in [0.717, 1.165) is 17.0 Å². The number of carboxylic acids is 1. The second-order valence-electron chi connectivity index (χ2n) is 4.35. The van der Waals surface area contributed by atoms with Gasteiger partial charge in [-0.15, -0.1) is 11.3 Å². The van der Waals surface area contributed by atoms with Crippen molar-refractivity contribution < 1.29 is 9.90 Å². The Hall–Kier alpha value is -2.15. The molecule has 0 aliphatic rings. The SMILES string of the molecule is Cc1nn(-c2nc3sccn3c2C(=O)O)c(C)c1C. The van der Waals surface area contributed by atoms with Gasteiger partial charge in [-0.05, 0) is 26.3 Å². The van der Waals surface area contributed by atoms with E-state index in [2.05, 4.69) is 10.1 Å². The Bertz CT molecular complexity index is 796. The average Bonchev–Trinajstić information content (AvgIpc) is 2.97. The lowest BCUT2D eigenvalue weighted by atomic mass is 10.2. The van der Waals surface area contributed by atoms with Crippen LogP contribution in [-0.4, -0.2) is 30.2 Å². The molecule has 1 N–H and O–H groups in total. The number of thiazole rings is 1. The van der Waals surface area contributed by atoms with Crippen LogP contribution in [0.15, 0.2) is 11.6 Å². The summed E-state index contributed by atoms with van der Waals surface area (Å²) in [5, 5.41) is 15.6. The van der Waals surface area contributed by atoms with Gasteiger partial charge in [0.05, 0.1) is 5.69 Å². The van der Waals surface area contributed by atoms with Crippen molar-refractivity contribution in [2.75, 3.05) is 0 Å². The molecule has 0 amide bonds. The van der Waals surface area contributed by atoms with Crippen molar-refractivity contribution in [3.63, 3.8) is 0 Å². The predicted molar refractivity (Wildman–Crippen MR) is 71.4 cm³/mol. The molecule has 0 aliphatic heterocycles. The van der Waals surface area contributed by atoms with Crippen molar-refractivity contribution in [3.05, 3.63) is 34.2 Å². The Morgan fingerprint density at radius 1 is 1.37 bits per heavy atom. The van der Waals surface area contributed by atoms with E-state index in [0.29, 0.717) is 10.8 Å². The summed E-state index contributed by atoms with van der Waals surface area (Å²) in [6.45, 7) is 5.78. The van der Waals surface area contributed by atoms with Crippen molar-refractivity contribution in [1.29, 1.82) is 0 Å². The topological polar surface area (TPSA) is 72.4 Å². The van der Waals surface area contributed by atoms with Gasteiger partial charge >= 0.3 is 5.97 Å². The van der Waals surface area contributed by atoms with E-state index >= 15 is 0 Å². The molecule has 0 atom stereocenters. The van der Waals surface area contributed by atoms with Gasteiger partial charge in [-0.3, -0.25) is 4.40 Å². The van der Waals surface area contributed by atoms with Crippen molar-refractivity contribution >= 4 is 22.3 Å². The molecule has 3 heterocycles. The molecule has 7 heteroatoms. The number of aromatic nitrogens is 4. The van der Waals surface area contributed by atoms with E-state index in [-0.39, 0.29) is 5.69 Å². The normalized spacial score (nSPS) is 11.3. The average molecular weight is 276 g/mol. The van der Waals surface area contributed by atoms with Gasteiger partial charge in [0.15, 0.2) is 16.5 Å². The van der Waals surface area contributed by atoms with Crippen LogP contribution in [0, 0.1) is 20.8 Å². The van der Waals surface area contributed by atoms with Crippen LogP contribution < -0.4 is 0 Å². The zero-order valence-electron chi connectivity index (χ0n) is 10.7. The van der Waals surface area contributed by atoms with Crippen molar-refractivity contribution in [2.24, 2.45) is 0 Å². The molecule has 3 aromatic heterocycles. The molecule has 0 spiro atoms. The molecule has 3 rings (SSSR count). The maximum atomic E-state index is 11.5. The van der Waals surface area contributed by atoms with E-state index in [1.165, 1.54) is 11.3 Å². The fourth-order valence-electron chi connectivity index (χ4n) is 2.05. The molecule has 0 saturated carbocycles. The molecule has 3 aromatic rings. The number of carbonyl (C=O) groups is 1. The fourth-order valence-corrected chi connectivity index (χ4v) is 2.76. The highest BCUT2D eigenvalue weighted by atomic mass is 32.1. The second kappa shape index (κ2) is 3.92. The van der Waals surface area contributed by atoms with Gasteiger partial charge in [0, 0.05) is 17.3 Å². The van der Waals surface area contributed by atoms with Gasteiger partial charge in [-0.1, -0.05) is 0 Å². The first-order valence-corrected chi connectivity index (χ1v) is 6.60. The Balaban J connectivity index is 2.35. The number of hydrogen-bond acceptors (Lipinski definition) is 4. The molecule has 0 unspecified atom stereocenters. The van der Waals surface area contributed by atoms with Crippen molar-refractivity contribution in [3.8, 4) is 5.82 Å². The lowest BCUT2D eigenvalue weighted by Crippen LogP contribution is -2.09. The number of carboxylic acid groups (broad SMARTS) is 1. The summed E-state index contributed by atoms with van der Waals surface area (Å²) in [5.41, 5.74) is 2.98. The summed E-state index contributed by atoms with van der Waals surface area (Å²) in [5.74, 6) is -0.640. The van der Waals surface area contributed by atoms with Gasteiger partial charge in [0.2, 0.25) is 0 Å². The molecule has 19 heavy (non-hydrogen) atoms. The molecule has 98 valence electrons. The minimum atomic E-state index is -1.01. The highest BCUT2D eigenvalue weighted by molar-refractivity contribution is 7.15. The lowest BCUT2D eigenvalue weighted by molar-refractivity contribution is 0.0689. The van der Waals surface area contributed by atoms with Crippen LogP contribution in [0.2, 0.25) is 0 Å². The minimum Gasteiger partial charge on any atom is -0.476 e. The Kier molecular flexibility index (Phi) is 2.46. The number of aryl methyl sites for hydroxylation is 1. The zero-order valence-corrected chi connectivity index (χ0v) is 11.5. The maximum Gasteiger partial charge on any atom is 0.356 e. The van der Waals surface area contributed by atoms with Crippen LogP contribution in [0.5, 0.6) is 0 Å². The number of nitrogens with zero attached hydrogens (tertiary/aromatic N) is 4. The molecular weight excluding hydrogens is 264 g/mol. The van der Waals surface area contributed by atoms with Crippen LogP contribution in [0.1, 0.15) is 27.4 Å². The molecule has 6 nitrogen and oxygen atoms in total. The highest BCUT2D eigenvalue weighted by Crippen LogP contribution is 2.23. The molecule has 0 aliphatic carbocycles. The predicted octanol–water partition coefficient (Wildman–Crippen LogP) is 2.20. The quantitative estimate of drug-likeness (QED) is 0.779. The third-order valence-corrected chi connectivity index (χ3v) is 4.06. The first-order chi connectivity index (χ1) is 9.00. The van der Waals surface area contributed by atoms with Crippen LogP contribution in [-0.2, 0) is 0 Å². The standard InChI is InChI=1S/C12H12N4O2S/c1-6-7(2)14-16(8(6)3)10-9(11(17)18)15-4-5-19-12(15)13-10/h4-5H,1-3H3,(H,17,18). The smallest absolute Gasteiger partial charge is 0.356 e. The van der Waals surface area contributed by atoms with E-state index in [1.807, 2.05) is 26.2 Å². The zero-order chi connectivity index (χ0) is 13.7. The molecular formula is C12H12N4O2S. The van der Waals surface area contributed by atoms with Gasteiger partial charge in [-0.2, -0.15) is 10.1 Å². The molecule has 0 bridgehead atoms. The maximum absolute atomic E-state index is 11.5. The van der Waals surface area contributed by atoms with Gasteiger partial charge in [0.25, 0.3) is 0 Å². The minimum absolute atomic E-state index is 0.141. The summed E-state index contributed by atoms with van der Waals surface area (Å²) in [6, 6.07) is 0. The Morgan fingerprint density at radius 3 is 2.68 bits per heavy atom. The summed E-state index contributed by atoms with van der Waals surface area (Å²) >= 11 is 1.40. The molecule has 0 radical (unpaired) electrons. The van der Waals surface area contributed by atoms with Crippen LogP contribution in [0.4, 0.5) is 0 Å². The highest BCUT2D eigenvalue weighted by Gasteiger charge is 2.23. The van der Waals surface area contributed by atoms with Crippen LogP contribution in [0.25, 0.3) is 10.8 Å². The third-order valence-electron chi connectivity index (χ3n) is 3.30. The largest absolute Gasteiger partial charge is 0.476 e. The van der Waals surface area contributed by atoms with Crippen LogP contribution in [0.3, 0.4) is 0 Å². The Labute approximate surface area is 112 Å². The summed E-state index contributed by atoms with van der Waals surface area (Å²) < 4.78 is 3.18. The number of imidazole rings is 1. The van der Waals surface area contributed by atoms with E-state index in [9.17, 15) is 9.90 Å².